The van der Waals surface area contributed by atoms with Gasteiger partial charge in [0.2, 0.25) is 0 Å². The molecule has 8 atom stereocenters. The molecule has 0 aromatic rings. The van der Waals surface area contributed by atoms with Crippen LogP contribution in [0.4, 0.5) is 4.39 Å². The number of halogens is 1. The number of allylic oxidation sites excluding steroid dienone is 4. The van der Waals surface area contributed by atoms with Gasteiger partial charge in [0.05, 0.1) is 6.10 Å². The Labute approximate surface area is 164 Å². The van der Waals surface area contributed by atoms with Gasteiger partial charge < -0.3 is 15.3 Å². The van der Waals surface area contributed by atoms with E-state index < -0.39 is 52.4 Å². The Kier molecular flexibility index (Phi) is 4.15. The Bertz CT molecular complexity index is 805. The second kappa shape index (κ2) is 5.83. The number of aliphatic hydroxyl groups is 3. The van der Waals surface area contributed by atoms with Crippen molar-refractivity contribution in [3.63, 3.8) is 0 Å². The maximum atomic E-state index is 16.9. The van der Waals surface area contributed by atoms with Crippen LogP contribution in [0.25, 0.3) is 0 Å². The van der Waals surface area contributed by atoms with Crippen molar-refractivity contribution in [1.82, 2.24) is 0 Å². The molecule has 0 radical (unpaired) electrons. The summed E-state index contributed by atoms with van der Waals surface area (Å²) < 4.78 is 16.9. The molecule has 0 saturated heterocycles. The number of aliphatic hydroxyl groups excluding tert-OH is 2. The summed E-state index contributed by atoms with van der Waals surface area (Å²) in [5.74, 6) is -2.12. The average Bonchev–Trinajstić information content (AvgIpc) is 2.84. The van der Waals surface area contributed by atoms with Crippen molar-refractivity contribution >= 4 is 11.6 Å². The minimum atomic E-state index is -1.98. The van der Waals surface area contributed by atoms with Gasteiger partial charge in [0.25, 0.3) is 0 Å². The SMILES string of the molecule is CC1C[C@H]2[C@@H]3CCC4=CC(=O)C=C[C@]4(C)[C@@]3(F)C(O)C[C@]2(C)[C@@]1(O)C(=O)CO. The third-order valence-electron chi connectivity index (χ3n) is 8.79. The lowest BCUT2D eigenvalue weighted by Crippen LogP contribution is -2.69. The number of hydrogen-bond donors (Lipinski definition) is 3. The van der Waals surface area contributed by atoms with E-state index in [1.165, 1.54) is 12.2 Å². The molecule has 0 spiro atoms. The molecule has 2 unspecified atom stereocenters. The van der Waals surface area contributed by atoms with E-state index in [2.05, 4.69) is 0 Å². The van der Waals surface area contributed by atoms with E-state index >= 15 is 4.39 Å². The lowest BCUT2D eigenvalue weighted by atomic mass is 9.44. The number of carbonyl (C=O) groups is 2. The van der Waals surface area contributed by atoms with Crippen LogP contribution in [0.3, 0.4) is 0 Å². The van der Waals surface area contributed by atoms with Gasteiger partial charge in [-0.25, -0.2) is 4.39 Å². The van der Waals surface area contributed by atoms with Crippen molar-refractivity contribution in [1.29, 1.82) is 0 Å². The smallest absolute Gasteiger partial charge is 0.190 e. The van der Waals surface area contributed by atoms with E-state index in [0.29, 0.717) is 24.8 Å². The zero-order valence-electron chi connectivity index (χ0n) is 16.6. The molecular formula is C22H29FO5. The van der Waals surface area contributed by atoms with E-state index in [0.717, 1.165) is 0 Å². The molecule has 0 bridgehead atoms. The summed E-state index contributed by atoms with van der Waals surface area (Å²) in [6, 6.07) is 0. The maximum Gasteiger partial charge on any atom is 0.190 e. The van der Waals surface area contributed by atoms with Crippen LogP contribution in [0, 0.1) is 28.6 Å². The highest BCUT2D eigenvalue weighted by molar-refractivity contribution is 6.01. The van der Waals surface area contributed by atoms with Crippen molar-refractivity contribution in [2.45, 2.75) is 63.8 Å². The summed E-state index contributed by atoms with van der Waals surface area (Å²) in [5, 5.41) is 32.0. The topological polar surface area (TPSA) is 94.8 Å². The van der Waals surface area contributed by atoms with E-state index in [4.69, 9.17) is 0 Å². The summed E-state index contributed by atoms with van der Waals surface area (Å²) in [6.07, 6.45) is 4.44. The summed E-state index contributed by atoms with van der Waals surface area (Å²) >= 11 is 0. The molecule has 0 amide bonds. The van der Waals surface area contributed by atoms with Crippen LogP contribution in [-0.4, -0.2) is 50.9 Å². The fourth-order valence-electron chi connectivity index (χ4n) is 7.26. The quantitative estimate of drug-likeness (QED) is 0.667. The normalized spacial score (nSPS) is 52.5. The molecule has 3 N–H and O–H groups in total. The van der Waals surface area contributed by atoms with Gasteiger partial charge in [0.1, 0.15) is 12.2 Å². The second-order valence-corrected chi connectivity index (χ2v) is 9.75. The maximum absolute atomic E-state index is 16.9. The molecule has 0 aromatic carbocycles. The van der Waals surface area contributed by atoms with Crippen molar-refractivity contribution in [3.8, 4) is 0 Å². The van der Waals surface area contributed by atoms with Gasteiger partial charge in [0, 0.05) is 16.7 Å². The standard InChI is InChI=1S/C22H29FO5/c1-12-8-16-15-5-4-13-9-14(25)6-7-19(13,2)21(15,23)17(26)10-20(16,3)22(12,28)18(27)11-24/h6-7,9,12,15-17,24,26,28H,4-5,8,10-11H2,1-3H3/t12?,15-,16-,17?,19-,20-,21-,22-/m0/s1. The molecule has 5 nitrogen and oxygen atoms in total. The first-order valence-corrected chi connectivity index (χ1v) is 10.1. The van der Waals surface area contributed by atoms with Crippen LogP contribution < -0.4 is 0 Å². The summed E-state index contributed by atoms with van der Waals surface area (Å²) in [6.45, 7) is 4.48. The predicted molar refractivity (Wildman–Crippen MR) is 99.9 cm³/mol. The minimum absolute atomic E-state index is 0.0676. The highest BCUT2D eigenvalue weighted by Gasteiger charge is 2.75. The first-order chi connectivity index (χ1) is 13.0. The summed E-state index contributed by atoms with van der Waals surface area (Å²) in [7, 11) is 0. The Morgan fingerprint density at radius 3 is 2.64 bits per heavy atom. The highest BCUT2D eigenvalue weighted by Crippen LogP contribution is 2.70. The van der Waals surface area contributed by atoms with Gasteiger partial charge >= 0.3 is 0 Å². The fraction of sp³-hybridized carbons (Fsp3) is 0.727. The number of fused-ring (bicyclic) bond motifs is 5. The zero-order chi connectivity index (χ0) is 20.7. The number of ketones is 2. The second-order valence-electron chi connectivity index (χ2n) is 9.75. The lowest BCUT2D eigenvalue weighted by Gasteiger charge is -2.62. The summed E-state index contributed by atoms with van der Waals surface area (Å²) in [4.78, 5) is 24.4. The number of carbonyl (C=O) groups excluding carboxylic acids is 2. The van der Waals surface area contributed by atoms with Gasteiger partial charge in [-0.15, -0.1) is 0 Å². The van der Waals surface area contributed by atoms with Crippen LogP contribution in [0.5, 0.6) is 0 Å². The molecule has 28 heavy (non-hydrogen) atoms. The number of rotatable bonds is 2. The van der Waals surface area contributed by atoms with Crippen molar-refractivity contribution in [2.75, 3.05) is 6.61 Å². The molecule has 3 fully saturated rings. The molecule has 0 aliphatic heterocycles. The van der Waals surface area contributed by atoms with Gasteiger partial charge in [-0.05, 0) is 56.6 Å². The van der Waals surface area contributed by atoms with Gasteiger partial charge in [0.15, 0.2) is 17.2 Å². The van der Waals surface area contributed by atoms with E-state index in [9.17, 15) is 24.9 Å². The zero-order valence-corrected chi connectivity index (χ0v) is 16.6. The van der Waals surface area contributed by atoms with Crippen LogP contribution in [0.1, 0.15) is 46.5 Å². The van der Waals surface area contributed by atoms with Crippen LogP contribution >= 0.6 is 0 Å². The molecule has 154 valence electrons. The Morgan fingerprint density at radius 1 is 1.32 bits per heavy atom. The average molecular weight is 392 g/mol. The van der Waals surface area contributed by atoms with Crippen molar-refractivity contribution in [3.05, 3.63) is 23.8 Å². The Balaban J connectivity index is 1.84. The van der Waals surface area contributed by atoms with Crippen molar-refractivity contribution in [2.24, 2.45) is 28.6 Å². The lowest BCUT2D eigenvalue weighted by molar-refractivity contribution is -0.219. The van der Waals surface area contributed by atoms with Gasteiger partial charge in [-0.3, -0.25) is 9.59 Å². The third-order valence-corrected chi connectivity index (χ3v) is 8.79. The highest BCUT2D eigenvalue weighted by atomic mass is 19.1. The van der Waals surface area contributed by atoms with E-state index in [1.807, 2.05) is 0 Å². The molecular weight excluding hydrogens is 363 g/mol. The van der Waals surface area contributed by atoms with Gasteiger partial charge in [-0.1, -0.05) is 25.5 Å². The van der Waals surface area contributed by atoms with Gasteiger partial charge in [-0.2, -0.15) is 0 Å². The molecule has 0 heterocycles. The number of Topliss-reactive ketones (excluding diaryl/α,β-unsaturated/α-hetero) is 1. The van der Waals surface area contributed by atoms with Crippen LogP contribution in [0.15, 0.2) is 23.8 Å². The predicted octanol–water partition coefficient (Wildman–Crippen LogP) is 1.90. The fourth-order valence-corrected chi connectivity index (χ4v) is 7.26. The largest absolute Gasteiger partial charge is 0.390 e. The molecule has 4 aliphatic rings. The number of hydrogen-bond acceptors (Lipinski definition) is 5. The van der Waals surface area contributed by atoms with E-state index in [-0.39, 0.29) is 18.1 Å². The number of alkyl halides is 1. The third kappa shape index (κ3) is 2.01. The molecule has 4 rings (SSSR count). The Morgan fingerprint density at radius 2 is 2.00 bits per heavy atom. The first-order valence-electron chi connectivity index (χ1n) is 10.1. The van der Waals surface area contributed by atoms with E-state index in [1.54, 1.807) is 26.8 Å². The van der Waals surface area contributed by atoms with Crippen LogP contribution in [-0.2, 0) is 9.59 Å². The molecule has 3 saturated carbocycles. The molecule has 0 aromatic heterocycles. The molecule has 4 aliphatic carbocycles. The minimum Gasteiger partial charge on any atom is -0.390 e. The molecule has 6 heteroatoms. The first kappa shape index (κ1) is 19.9. The summed E-state index contributed by atoms with van der Waals surface area (Å²) in [5.41, 5.74) is -5.17. The van der Waals surface area contributed by atoms with Crippen LogP contribution in [0.2, 0.25) is 0 Å². The van der Waals surface area contributed by atoms with Crippen molar-refractivity contribution < 1.29 is 29.3 Å². The Hall–Kier alpha value is -1.37. The monoisotopic (exact) mass is 392 g/mol.